The molecule has 1 heterocycles. The van der Waals surface area contributed by atoms with Gasteiger partial charge >= 0.3 is 0 Å². The number of rotatable bonds is 3. The zero-order valence-corrected chi connectivity index (χ0v) is 12.9. The minimum Gasteiger partial charge on any atom is -0.435 e. The molecule has 0 spiro atoms. The van der Waals surface area contributed by atoms with Crippen LogP contribution < -0.4 is 4.74 Å². The highest BCUT2D eigenvalue weighted by atomic mass is 79.9. The van der Waals surface area contributed by atoms with Crippen molar-refractivity contribution in [3.8, 4) is 11.6 Å². The van der Waals surface area contributed by atoms with Crippen molar-refractivity contribution in [1.82, 2.24) is 9.97 Å². The average molecular weight is 409 g/mol. The second kappa shape index (κ2) is 5.81. The summed E-state index contributed by atoms with van der Waals surface area (Å²) in [6, 6.07) is 2.66. The fraction of sp³-hybridized carbons (Fsp3) is 0. The van der Waals surface area contributed by atoms with Gasteiger partial charge in [0.15, 0.2) is 10.9 Å². The Morgan fingerprint density at radius 3 is 2.42 bits per heavy atom. The van der Waals surface area contributed by atoms with E-state index in [9.17, 15) is 10.1 Å². The molecule has 2 rings (SSSR count). The normalized spacial score (nSPS) is 10.3. The number of non-ortho nitro benzene ring substituents is 1. The van der Waals surface area contributed by atoms with Gasteiger partial charge in [-0.05, 0) is 31.9 Å². The number of hydrogen-bond acceptors (Lipinski definition) is 5. The van der Waals surface area contributed by atoms with E-state index >= 15 is 0 Å². The van der Waals surface area contributed by atoms with E-state index < -0.39 is 4.92 Å². The number of benzene rings is 1. The molecule has 1 aromatic carbocycles. The Hall–Kier alpha value is -1.25. The largest absolute Gasteiger partial charge is 0.435 e. The van der Waals surface area contributed by atoms with E-state index in [-0.39, 0.29) is 16.7 Å². The van der Waals surface area contributed by atoms with Crippen LogP contribution in [0.2, 0.25) is 5.15 Å². The lowest BCUT2D eigenvalue weighted by Crippen LogP contribution is -1.94. The first-order valence-corrected chi connectivity index (χ1v) is 6.72. The van der Waals surface area contributed by atoms with Crippen LogP contribution in [0.1, 0.15) is 0 Å². The molecule has 0 saturated heterocycles. The van der Waals surface area contributed by atoms with E-state index in [1.807, 2.05) is 0 Å². The van der Waals surface area contributed by atoms with Gasteiger partial charge in [-0.25, -0.2) is 0 Å². The predicted octanol–water partition coefficient (Wildman–Crippen LogP) is 4.36. The van der Waals surface area contributed by atoms with E-state index in [0.717, 1.165) is 0 Å². The topological polar surface area (TPSA) is 78.2 Å². The summed E-state index contributed by atoms with van der Waals surface area (Å²) in [6.07, 6.45) is 2.75. The van der Waals surface area contributed by atoms with Crippen molar-refractivity contribution in [3.05, 3.63) is 48.7 Å². The van der Waals surface area contributed by atoms with Gasteiger partial charge in [-0.1, -0.05) is 11.6 Å². The molecule has 0 N–H and O–H groups in total. The summed E-state index contributed by atoms with van der Waals surface area (Å²) >= 11 is 12.1. The van der Waals surface area contributed by atoms with E-state index in [4.69, 9.17) is 16.3 Å². The predicted molar refractivity (Wildman–Crippen MR) is 75.6 cm³/mol. The molecule has 1 aromatic heterocycles. The summed E-state index contributed by atoms with van der Waals surface area (Å²) in [7, 11) is 0. The van der Waals surface area contributed by atoms with Crippen molar-refractivity contribution in [2.24, 2.45) is 0 Å². The third kappa shape index (κ3) is 3.40. The summed E-state index contributed by atoms with van der Waals surface area (Å²) < 4.78 is 6.31. The Balaban J connectivity index is 2.38. The van der Waals surface area contributed by atoms with Crippen molar-refractivity contribution >= 4 is 49.1 Å². The van der Waals surface area contributed by atoms with Crippen LogP contribution in [0.4, 0.5) is 5.69 Å². The Morgan fingerprint density at radius 2 is 1.89 bits per heavy atom. The molecule has 0 unspecified atom stereocenters. The number of aromatic nitrogens is 2. The van der Waals surface area contributed by atoms with E-state index in [2.05, 4.69) is 41.8 Å². The lowest BCUT2D eigenvalue weighted by atomic mass is 10.3. The molecule has 0 bridgehead atoms. The Labute approximate surface area is 129 Å². The van der Waals surface area contributed by atoms with Gasteiger partial charge in [-0.2, -0.15) is 4.98 Å². The second-order valence-electron chi connectivity index (χ2n) is 3.28. The van der Waals surface area contributed by atoms with Crippen molar-refractivity contribution in [3.63, 3.8) is 0 Å². The van der Waals surface area contributed by atoms with Crippen LogP contribution in [0.5, 0.6) is 11.6 Å². The van der Waals surface area contributed by atoms with Gasteiger partial charge in [-0.15, -0.1) is 0 Å². The first kappa shape index (κ1) is 14.2. The minimum atomic E-state index is -0.501. The monoisotopic (exact) mass is 407 g/mol. The molecule has 0 aliphatic rings. The fourth-order valence-electron chi connectivity index (χ4n) is 1.23. The zero-order valence-electron chi connectivity index (χ0n) is 9.01. The highest BCUT2D eigenvalue weighted by molar-refractivity contribution is 9.11. The molecule has 0 atom stereocenters. The van der Waals surface area contributed by atoms with E-state index in [0.29, 0.717) is 14.7 Å². The minimum absolute atomic E-state index is 0.0664. The van der Waals surface area contributed by atoms with Crippen LogP contribution in [0.15, 0.2) is 33.5 Å². The van der Waals surface area contributed by atoms with Crippen molar-refractivity contribution in [2.45, 2.75) is 0 Å². The van der Waals surface area contributed by atoms with E-state index in [1.54, 1.807) is 0 Å². The molecular formula is C10H4Br2ClN3O3. The second-order valence-corrected chi connectivity index (χ2v) is 5.37. The fourth-order valence-corrected chi connectivity index (χ4v) is 2.69. The zero-order chi connectivity index (χ0) is 14.0. The molecule has 9 heteroatoms. The quantitative estimate of drug-likeness (QED) is 0.556. The summed E-state index contributed by atoms with van der Waals surface area (Å²) in [5, 5.41) is 10.9. The van der Waals surface area contributed by atoms with Gasteiger partial charge in [0.25, 0.3) is 5.69 Å². The molecule has 0 fully saturated rings. The van der Waals surface area contributed by atoms with Crippen LogP contribution >= 0.6 is 43.5 Å². The van der Waals surface area contributed by atoms with Gasteiger partial charge in [-0.3, -0.25) is 15.1 Å². The molecule has 0 aliphatic carbocycles. The van der Waals surface area contributed by atoms with Crippen LogP contribution in [0.3, 0.4) is 0 Å². The lowest BCUT2D eigenvalue weighted by Gasteiger charge is -2.08. The lowest BCUT2D eigenvalue weighted by molar-refractivity contribution is -0.385. The maximum Gasteiger partial charge on any atom is 0.271 e. The molecule has 0 saturated carbocycles. The maximum absolute atomic E-state index is 10.7. The Morgan fingerprint density at radius 1 is 1.26 bits per heavy atom. The number of halogens is 3. The van der Waals surface area contributed by atoms with Gasteiger partial charge < -0.3 is 4.74 Å². The molecule has 0 aliphatic heterocycles. The maximum atomic E-state index is 10.7. The highest BCUT2D eigenvalue weighted by Crippen LogP contribution is 2.39. The molecule has 98 valence electrons. The van der Waals surface area contributed by atoms with Crippen LogP contribution in [-0.2, 0) is 0 Å². The Bertz CT molecular complexity index is 631. The van der Waals surface area contributed by atoms with Gasteiger partial charge in [0, 0.05) is 12.1 Å². The van der Waals surface area contributed by atoms with Crippen LogP contribution in [0, 0.1) is 10.1 Å². The molecule has 0 amide bonds. The van der Waals surface area contributed by atoms with Gasteiger partial charge in [0.2, 0.25) is 5.88 Å². The molecule has 19 heavy (non-hydrogen) atoms. The standard InChI is InChI=1S/C10H4Br2ClN3O3/c11-6-1-5(16(17)18)2-7(12)10(6)19-9-4-14-3-8(13)15-9/h1-4H. The average Bonchev–Trinajstić information content (AvgIpc) is 2.33. The molecule has 0 radical (unpaired) electrons. The van der Waals surface area contributed by atoms with Crippen molar-refractivity contribution < 1.29 is 9.66 Å². The third-order valence-corrected chi connectivity index (χ3v) is 3.34. The van der Waals surface area contributed by atoms with Gasteiger partial charge in [0.1, 0.15) is 0 Å². The number of hydrogen-bond donors (Lipinski definition) is 0. The number of nitrogens with zero attached hydrogens (tertiary/aromatic N) is 3. The smallest absolute Gasteiger partial charge is 0.271 e. The summed E-state index contributed by atoms with van der Waals surface area (Å²) in [5.74, 6) is 0.532. The molecular weight excluding hydrogens is 405 g/mol. The molecule has 6 nitrogen and oxygen atoms in total. The molecule has 2 aromatic rings. The van der Waals surface area contributed by atoms with Crippen molar-refractivity contribution in [1.29, 1.82) is 0 Å². The summed E-state index contributed by atoms with van der Waals surface area (Å²) in [6.45, 7) is 0. The summed E-state index contributed by atoms with van der Waals surface area (Å²) in [5.41, 5.74) is -0.0664. The Kier molecular flexibility index (Phi) is 4.33. The number of nitro groups is 1. The van der Waals surface area contributed by atoms with E-state index in [1.165, 1.54) is 24.5 Å². The van der Waals surface area contributed by atoms with Crippen LogP contribution in [-0.4, -0.2) is 14.9 Å². The third-order valence-electron chi connectivity index (χ3n) is 1.98. The van der Waals surface area contributed by atoms with Crippen molar-refractivity contribution in [2.75, 3.05) is 0 Å². The SMILES string of the molecule is O=[N+]([O-])c1cc(Br)c(Oc2cncc(Cl)n2)c(Br)c1. The first-order valence-electron chi connectivity index (χ1n) is 4.76. The van der Waals surface area contributed by atoms with Gasteiger partial charge in [0.05, 0.1) is 26.3 Å². The summed E-state index contributed by atoms with van der Waals surface area (Å²) in [4.78, 5) is 17.9. The highest BCUT2D eigenvalue weighted by Gasteiger charge is 2.16. The number of ether oxygens (including phenoxy) is 1. The first-order chi connectivity index (χ1) is 8.97. The number of nitro benzene ring substituents is 1. The van der Waals surface area contributed by atoms with Crippen LogP contribution in [0.25, 0.3) is 0 Å².